The van der Waals surface area contributed by atoms with Crippen molar-refractivity contribution in [2.75, 3.05) is 48.9 Å². The van der Waals surface area contributed by atoms with Crippen LogP contribution < -0.4 is 10.2 Å². The van der Waals surface area contributed by atoms with Gasteiger partial charge < -0.3 is 10.2 Å². The normalized spacial score (nSPS) is 16.6. The number of nitrogens with one attached hydrogen (secondary N) is 1. The zero-order chi connectivity index (χ0) is 28.0. The molecule has 6 rings (SSSR count). The molecule has 1 saturated heterocycles. The Morgan fingerprint density at radius 2 is 1.75 bits per heavy atom. The quantitative estimate of drug-likeness (QED) is 0.320. The number of fused-ring (bicyclic) bond motifs is 1. The third-order valence-corrected chi connectivity index (χ3v) is 8.07. The van der Waals surface area contributed by atoms with Gasteiger partial charge in [0.1, 0.15) is 5.82 Å². The van der Waals surface area contributed by atoms with E-state index in [0.717, 1.165) is 44.7 Å². The number of hydrogen-bond acceptors (Lipinski definition) is 8. The maximum absolute atomic E-state index is 15.7. The van der Waals surface area contributed by atoms with Crippen molar-refractivity contribution in [1.29, 1.82) is 0 Å². The molecule has 9 nitrogen and oxygen atoms in total. The number of pyridine rings is 1. The first kappa shape index (κ1) is 26.6. The molecule has 0 spiro atoms. The van der Waals surface area contributed by atoms with Crippen LogP contribution in [0.4, 0.5) is 27.5 Å². The largest absolute Gasteiger partial charge is 0.369 e. The van der Waals surface area contributed by atoms with Crippen LogP contribution in [0.2, 0.25) is 0 Å². The van der Waals surface area contributed by atoms with Gasteiger partial charge in [0.2, 0.25) is 5.95 Å². The van der Waals surface area contributed by atoms with Crippen LogP contribution >= 0.6 is 0 Å². The maximum Gasteiger partial charge on any atom is 0.229 e. The van der Waals surface area contributed by atoms with Crippen molar-refractivity contribution in [2.45, 2.75) is 38.6 Å². The van der Waals surface area contributed by atoms with Crippen LogP contribution in [0, 0.1) is 5.82 Å². The minimum absolute atomic E-state index is 0.101. The van der Waals surface area contributed by atoms with E-state index in [0.29, 0.717) is 40.4 Å². The Morgan fingerprint density at radius 1 is 1.02 bits per heavy atom. The van der Waals surface area contributed by atoms with E-state index in [1.54, 1.807) is 35.3 Å². The summed E-state index contributed by atoms with van der Waals surface area (Å²) in [7, 11) is -2.40. The molecule has 210 valence electrons. The number of rotatable bonds is 7. The summed E-state index contributed by atoms with van der Waals surface area (Å²) in [5.74, 6) is 0.995. The topological polar surface area (TPSA) is 91.5 Å². The van der Waals surface area contributed by atoms with Crippen molar-refractivity contribution in [1.82, 2.24) is 24.4 Å². The highest BCUT2D eigenvalue weighted by molar-refractivity contribution is 7.92. The van der Waals surface area contributed by atoms with E-state index in [1.807, 2.05) is 12.1 Å². The Hall–Kier alpha value is -3.57. The summed E-state index contributed by atoms with van der Waals surface area (Å²) in [5.41, 5.74) is 3.04. The van der Waals surface area contributed by atoms with E-state index in [9.17, 15) is 4.21 Å². The molecule has 1 aliphatic carbocycles. The molecular formula is C29H35FN8OS. The van der Waals surface area contributed by atoms with Gasteiger partial charge in [-0.1, -0.05) is 6.07 Å². The number of benzene rings is 1. The van der Waals surface area contributed by atoms with Gasteiger partial charge in [-0.3, -0.25) is 9.47 Å². The van der Waals surface area contributed by atoms with Crippen molar-refractivity contribution >= 4 is 43.9 Å². The van der Waals surface area contributed by atoms with Crippen LogP contribution in [-0.2, 0) is 9.73 Å². The van der Waals surface area contributed by atoms with Crippen LogP contribution in [0.5, 0.6) is 0 Å². The molecule has 2 fully saturated rings. The second kappa shape index (κ2) is 10.4. The summed E-state index contributed by atoms with van der Waals surface area (Å²) in [4.78, 5) is 18.7. The minimum atomic E-state index is -2.40. The molecule has 11 heteroatoms. The second-order valence-electron chi connectivity index (χ2n) is 11.2. The summed E-state index contributed by atoms with van der Waals surface area (Å²) in [6.45, 7) is 8.62. The molecule has 1 aromatic carbocycles. The number of aromatic nitrogens is 4. The first-order valence-electron chi connectivity index (χ1n) is 13.7. The summed E-state index contributed by atoms with van der Waals surface area (Å²) in [5, 5.41) is 3.63. The van der Waals surface area contributed by atoms with Gasteiger partial charge in [0, 0.05) is 78.0 Å². The fourth-order valence-electron chi connectivity index (χ4n) is 5.25. The highest BCUT2D eigenvalue weighted by Crippen LogP contribution is 2.45. The van der Waals surface area contributed by atoms with Gasteiger partial charge >= 0.3 is 0 Å². The van der Waals surface area contributed by atoms with Gasteiger partial charge in [0.05, 0.1) is 11.1 Å². The molecular weight excluding hydrogens is 527 g/mol. The first-order chi connectivity index (χ1) is 19.2. The molecule has 4 aromatic rings. The van der Waals surface area contributed by atoms with Crippen LogP contribution in [-0.4, -0.2) is 73.4 Å². The Morgan fingerprint density at radius 3 is 2.40 bits per heavy atom. The average Bonchev–Trinajstić information content (AvgIpc) is 3.72. The molecule has 0 atom stereocenters. The lowest BCUT2D eigenvalue weighted by Gasteiger charge is -2.38. The van der Waals surface area contributed by atoms with E-state index < -0.39 is 9.73 Å². The number of piperazine rings is 1. The highest BCUT2D eigenvalue weighted by atomic mass is 32.2. The molecule has 4 heterocycles. The molecule has 2 aliphatic rings. The van der Waals surface area contributed by atoms with Crippen molar-refractivity contribution in [3.05, 3.63) is 60.2 Å². The number of nitrogens with zero attached hydrogens (tertiary/aromatic N) is 7. The Kier molecular flexibility index (Phi) is 6.95. The summed E-state index contributed by atoms with van der Waals surface area (Å²) in [6, 6.07) is 14.1. The van der Waals surface area contributed by atoms with E-state index >= 15 is 4.39 Å². The van der Waals surface area contributed by atoms with E-state index in [2.05, 4.69) is 55.4 Å². The van der Waals surface area contributed by atoms with Gasteiger partial charge in [0.25, 0.3) is 0 Å². The maximum atomic E-state index is 15.7. The number of halogens is 1. The zero-order valence-corrected chi connectivity index (χ0v) is 24.2. The molecule has 40 heavy (non-hydrogen) atoms. The molecule has 1 N–H and O–H groups in total. The summed E-state index contributed by atoms with van der Waals surface area (Å²) < 4.78 is 33.9. The second-order valence-corrected chi connectivity index (χ2v) is 13.7. The Labute approximate surface area is 234 Å². The Bertz CT molecular complexity index is 1660. The molecule has 0 amide bonds. The average molecular weight is 563 g/mol. The van der Waals surface area contributed by atoms with E-state index in [4.69, 9.17) is 4.98 Å². The molecule has 3 aromatic heterocycles. The first-order valence-corrected chi connectivity index (χ1v) is 16.1. The molecule has 0 unspecified atom stereocenters. The van der Waals surface area contributed by atoms with Crippen LogP contribution in [0.15, 0.2) is 53.0 Å². The minimum Gasteiger partial charge on any atom is -0.369 e. The third-order valence-electron chi connectivity index (χ3n) is 7.44. The predicted octanol–water partition coefficient (Wildman–Crippen LogP) is 5.47. The summed E-state index contributed by atoms with van der Waals surface area (Å²) >= 11 is 0. The summed E-state index contributed by atoms with van der Waals surface area (Å²) in [6.07, 6.45) is 6.47. The fraction of sp³-hybridized carbons (Fsp3) is 0.414. The van der Waals surface area contributed by atoms with Gasteiger partial charge in [-0.25, -0.2) is 18.6 Å². The van der Waals surface area contributed by atoms with E-state index in [1.165, 1.54) is 11.9 Å². The van der Waals surface area contributed by atoms with Crippen LogP contribution in [0.25, 0.3) is 16.9 Å². The molecule has 0 radical (unpaired) electrons. The third kappa shape index (κ3) is 5.53. The van der Waals surface area contributed by atoms with Gasteiger partial charge in [-0.2, -0.15) is 9.35 Å². The molecule has 1 aliphatic heterocycles. The van der Waals surface area contributed by atoms with Gasteiger partial charge in [0.15, 0.2) is 17.3 Å². The SMILES string of the molecule is CC(C)N1CCN(c2ccc(Nc3ncc4c(F)c(C5CC5)n(-c5cccc(N=S(C)(C)=O)n5)c4n3)cc2)CC1. The van der Waals surface area contributed by atoms with Crippen molar-refractivity contribution < 1.29 is 8.60 Å². The van der Waals surface area contributed by atoms with E-state index in [-0.39, 0.29) is 11.7 Å². The highest BCUT2D eigenvalue weighted by Gasteiger charge is 2.34. The number of hydrogen-bond donors (Lipinski definition) is 1. The monoisotopic (exact) mass is 562 g/mol. The van der Waals surface area contributed by atoms with Crippen LogP contribution in [0.1, 0.15) is 38.3 Å². The Balaban J connectivity index is 1.30. The molecule has 1 saturated carbocycles. The standard InChI is InChI=1S/C29H35FN8OS/c1-19(2)36-14-16-37(17-15-36)22-12-10-21(11-13-22)32-29-31-18-23-26(30)27(20-8-9-20)38(28(23)34-29)25-7-5-6-24(33-25)35-40(3,4)39/h5-7,10-13,18-20H,8-9,14-17H2,1-4H3,(H,31,32,34). The zero-order valence-electron chi connectivity index (χ0n) is 23.3. The predicted molar refractivity (Wildman–Crippen MR) is 159 cm³/mol. The lowest BCUT2D eigenvalue weighted by Crippen LogP contribution is -2.48. The van der Waals surface area contributed by atoms with Crippen molar-refractivity contribution in [3.8, 4) is 5.82 Å². The van der Waals surface area contributed by atoms with Crippen LogP contribution in [0.3, 0.4) is 0 Å². The van der Waals surface area contributed by atoms with Gasteiger partial charge in [-0.05, 0) is 63.1 Å². The smallest absolute Gasteiger partial charge is 0.229 e. The lowest BCUT2D eigenvalue weighted by molar-refractivity contribution is 0.209. The van der Waals surface area contributed by atoms with Gasteiger partial charge in [-0.15, -0.1) is 0 Å². The van der Waals surface area contributed by atoms with Crippen molar-refractivity contribution in [2.24, 2.45) is 4.36 Å². The molecule has 0 bridgehead atoms. The lowest BCUT2D eigenvalue weighted by atomic mass is 10.2. The number of anilines is 3. The fourth-order valence-corrected chi connectivity index (χ4v) is 5.81. The van der Waals surface area contributed by atoms with Crippen molar-refractivity contribution in [3.63, 3.8) is 0 Å².